The summed E-state index contributed by atoms with van der Waals surface area (Å²) in [5, 5.41) is 8.55. The van der Waals surface area contributed by atoms with Crippen LogP contribution in [0.25, 0.3) is 0 Å². The summed E-state index contributed by atoms with van der Waals surface area (Å²) < 4.78 is 54.5. The van der Waals surface area contributed by atoms with Gasteiger partial charge in [-0.05, 0) is 54.8 Å². The van der Waals surface area contributed by atoms with Crippen LogP contribution in [0.5, 0.6) is 11.5 Å². The van der Waals surface area contributed by atoms with Crippen LogP contribution in [0.4, 0.5) is 18.9 Å². The van der Waals surface area contributed by atoms with Gasteiger partial charge in [0.05, 0.1) is 25.0 Å². The van der Waals surface area contributed by atoms with Crippen molar-refractivity contribution in [2.45, 2.75) is 25.1 Å². The van der Waals surface area contributed by atoms with E-state index in [1.54, 1.807) is 6.07 Å². The summed E-state index contributed by atoms with van der Waals surface area (Å²) in [5.74, 6) is -2.02. The zero-order valence-corrected chi connectivity index (χ0v) is 19.8. The normalized spacial score (nSPS) is 15.3. The first-order valence-corrected chi connectivity index (χ1v) is 11.2. The molecule has 13 heteroatoms. The smallest absolute Gasteiger partial charge is 0.416 e. The summed E-state index contributed by atoms with van der Waals surface area (Å²) in [6.45, 7) is 0.390. The van der Waals surface area contributed by atoms with Crippen LogP contribution in [0.2, 0.25) is 0 Å². The van der Waals surface area contributed by atoms with E-state index >= 15 is 0 Å². The fraction of sp³-hybridized carbons (Fsp3) is 0.333. The molecule has 0 spiro atoms. The van der Waals surface area contributed by atoms with Crippen LogP contribution in [0.3, 0.4) is 0 Å². The molecule has 198 valence electrons. The lowest BCUT2D eigenvalue weighted by Gasteiger charge is -2.12. The first-order chi connectivity index (χ1) is 17.7. The molecule has 3 N–H and O–H groups in total. The number of anilines is 1. The van der Waals surface area contributed by atoms with Gasteiger partial charge < -0.3 is 24.8 Å². The summed E-state index contributed by atoms with van der Waals surface area (Å²) >= 11 is 0. The Morgan fingerprint density at radius 3 is 2.65 bits per heavy atom. The highest BCUT2D eigenvalue weighted by Crippen LogP contribution is 2.31. The zero-order chi connectivity index (χ0) is 26.8. The molecule has 0 bridgehead atoms. The molecule has 2 aromatic carbocycles. The van der Waals surface area contributed by atoms with E-state index in [1.165, 1.54) is 37.6 Å². The number of ether oxygens (including phenoxy) is 3. The van der Waals surface area contributed by atoms with Crippen LogP contribution in [-0.4, -0.2) is 56.9 Å². The number of carbonyl (C=O) groups is 3. The van der Waals surface area contributed by atoms with E-state index in [4.69, 9.17) is 14.2 Å². The molecule has 10 nitrogen and oxygen atoms in total. The number of halogens is 3. The summed E-state index contributed by atoms with van der Waals surface area (Å²) in [7, 11) is 1.37. The Balaban J connectivity index is 1.49. The van der Waals surface area contributed by atoms with Gasteiger partial charge in [0.15, 0.2) is 18.1 Å². The maximum absolute atomic E-state index is 12.8. The molecule has 1 fully saturated rings. The Morgan fingerprint density at radius 1 is 1.14 bits per heavy atom. The van der Waals surface area contributed by atoms with E-state index in [0.29, 0.717) is 12.2 Å². The molecule has 1 aliphatic rings. The molecule has 2 aromatic rings. The third kappa shape index (κ3) is 8.49. The Morgan fingerprint density at radius 2 is 1.95 bits per heavy atom. The van der Waals surface area contributed by atoms with Crippen molar-refractivity contribution in [2.24, 2.45) is 5.10 Å². The van der Waals surface area contributed by atoms with E-state index in [2.05, 4.69) is 21.2 Å². The van der Waals surface area contributed by atoms with Crippen molar-refractivity contribution in [3.8, 4) is 11.5 Å². The number of hydrogen-bond acceptors (Lipinski definition) is 7. The van der Waals surface area contributed by atoms with Crippen molar-refractivity contribution in [3.63, 3.8) is 0 Å². The van der Waals surface area contributed by atoms with Gasteiger partial charge in [-0.3, -0.25) is 14.4 Å². The van der Waals surface area contributed by atoms with Crippen molar-refractivity contribution in [1.82, 2.24) is 10.7 Å². The average molecular weight is 522 g/mol. The van der Waals surface area contributed by atoms with Gasteiger partial charge in [-0.25, -0.2) is 5.43 Å². The molecule has 0 saturated carbocycles. The van der Waals surface area contributed by atoms with Gasteiger partial charge in [0.1, 0.15) is 0 Å². The fourth-order valence-corrected chi connectivity index (χ4v) is 3.31. The van der Waals surface area contributed by atoms with Crippen molar-refractivity contribution in [2.75, 3.05) is 32.2 Å². The van der Waals surface area contributed by atoms with Crippen LogP contribution >= 0.6 is 0 Å². The number of hydrogen-bond donors (Lipinski definition) is 3. The van der Waals surface area contributed by atoms with E-state index in [-0.39, 0.29) is 29.8 Å². The lowest BCUT2D eigenvalue weighted by atomic mass is 10.2. The first kappa shape index (κ1) is 27.5. The molecule has 0 aliphatic carbocycles. The quantitative estimate of drug-likeness (QED) is 0.264. The second-order valence-electron chi connectivity index (χ2n) is 7.87. The first-order valence-electron chi connectivity index (χ1n) is 11.2. The summed E-state index contributed by atoms with van der Waals surface area (Å²) in [6.07, 6.45) is -1.62. The lowest BCUT2D eigenvalue weighted by molar-refractivity contribution is -0.139. The van der Waals surface area contributed by atoms with Crippen molar-refractivity contribution in [1.29, 1.82) is 0 Å². The Hall–Kier alpha value is -4.13. The van der Waals surface area contributed by atoms with Crippen LogP contribution in [-0.2, 0) is 25.3 Å². The van der Waals surface area contributed by atoms with E-state index < -0.39 is 36.1 Å². The van der Waals surface area contributed by atoms with Crippen molar-refractivity contribution in [3.05, 3.63) is 53.6 Å². The minimum atomic E-state index is -4.53. The minimum absolute atomic E-state index is 0.0236. The molecule has 0 unspecified atom stereocenters. The molecule has 1 heterocycles. The lowest BCUT2D eigenvalue weighted by Crippen LogP contribution is -2.41. The number of methoxy groups -OCH3 is 1. The standard InChI is InChI=1S/C24H25F3N4O6/c1-35-20-10-15(12-29-31-23(34)22(33)28-13-18-6-3-9-36-18)7-8-19(20)37-14-21(32)30-17-5-2-4-16(11-17)24(25,26)27/h2,4-5,7-8,10-12,18H,3,6,9,13-14H2,1H3,(H,28,33)(H,30,32)(H,31,34)/b29-12-/t18-/m1/s1. The van der Waals surface area contributed by atoms with Gasteiger partial charge >= 0.3 is 18.0 Å². The topological polar surface area (TPSA) is 127 Å². The maximum Gasteiger partial charge on any atom is 0.416 e. The molecule has 3 amide bonds. The monoisotopic (exact) mass is 522 g/mol. The zero-order valence-electron chi connectivity index (χ0n) is 19.8. The third-order valence-corrected chi connectivity index (χ3v) is 5.12. The highest BCUT2D eigenvalue weighted by atomic mass is 19.4. The van der Waals surface area contributed by atoms with Gasteiger partial charge in [0.25, 0.3) is 5.91 Å². The summed E-state index contributed by atoms with van der Waals surface area (Å²) in [5.41, 5.74) is 1.69. The van der Waals surface area contributed by atoms with Gasteiger partial charge in [-0.15, -0.1) is 0 Å². The number of alkyl halides is 3. The van der Waals surface area contributed by atoms with Crippen molar-refractivity contribution >= 4 is 29.6 Å². The van der Waals surface area contributed by atoms with Gasteiger partial charge in [0.2, 0.25) is 0 Å². The molecule has 1 saturated heterocycles. The van der Waals surface area contributed by atoms with Crippen LogP contribution in [0.1, 0.15) is 24.0 Å². The Bertz CT molecular complexity index is 1150. The highest BCUT2D eigenvalue weighted by molar-refractivity contribution is 6.35. The molecular formula is C24H25F3N4O6. The largest absolute Gasteiger partial charge is 0.493 e. The average Bonchev–Trinajstić information content (AvgIpc) is 3.39. The van der Waals surface area contributed by atoms with Crippen molar-refractivity contribution < 1.29 is 41.8 Å². The molecule has 1 aliphatic heterocycles. The van der Waals surface area contributed by atoms with E-state index in [1.807, 2.05) is 0 Å². The van der Waals surface area contributed by atoms with E-state index in [0.717, 1.165) is 25.0 Å². The Kier molecular flexibility index (Phi) is 9.44. The number of nitrogens with one attached hydrogen (secondary N) is 3. The number of nitrogens with zero attached hydrogens (tertiary/aromatic N) is 1. The number of rotatable bonds is 9. The highest BCUT2D eigenvalue weighted by Gasteiger charge is 2.30. The SMILES string of the molecule is COc1cc(/C=N\NC(=O)C(=O)NC[C@H]2CCCO2)ccc1OCC(=O)Nc1cccc(C(F)(F)F)c1. The second kappa shape index (κ2) is 12.7. The predicted octanol–water partition coefficient (Wildman–Crippen LogP) is 2.48. The Labute approximate surface area is 210 Å². The predicted molar refractivity (Wildman–Crippen MR) is 126 cm³/mol. The number of carbonyl (C=O) groups excluding carboxylic acids is 3. The van der Waals surface area contributed by atoms with Crippen LogP contribution < -0.4 is 25.5 Å². The number of amides is 3. The fourth-order valence-electron chi connectivity index (χ4n) is 3.31. The van der Waals surface area contributed by atoms with Gasteiger partial charge in [-0.1, -0.05) is 6.07 Å². The van der Waals surface area contributed by atoms with Gasteiger partial charge in [-0.2, -0.15) is 18.3 Å². The molecule has 0 radical (unpaired) electrons. The number of hydrazone groups is 1. The van der Waals surface area contributed by atoms with Crippen LogP contribution in [0.15, 0.2) is 47.6 Å². The third-order valence-electron chi connectivity index (χ3n) is 5.12. The van der Waals surface area contributed by atoms with Gasteiger partial charge in [0, 0.05) is 18.8 Å². The second-order valence-corrected chi connectivity index (χ2v) is 7.87. The molecule has 37 heavy (non-hydrogen) atoms. The molecule has 1 atom stereocenters. The molecule has 3 rings (SSSR count). The minimum Gasteiger partial charge on any atom is -0.493 e. The molecule has 0 aromatic heterocycles. The summed E-state index contributed by atoms with van der Waals surface area (Å²) in [4.78, 5) is 35.8. The van der Waals surface area contributed by atoms with Crippen LogP contribution in [0, 0.1) is 0 Å². The summed E-state index contributed by atoms with van der Waals surface area (Å²) in [6, 6.07) is 8.77. The maximum atomic E-state index is 12.8. The number of benzene rings is 2. The van der Waals surface area contributed by atoms with E-state index in [9.17, 15) is 27.6 Å². The molecular weight excluding hydrogens is 497 g/mol.